The van der Waals surface area contributed by atoms with Gasteiger partial charge in [0, 0.05) is 0 Å². The van der Waals surface area contributed by atoms with Gasteiger partial charge < -0.3 is 4.74 Å². The lowest BCUT2D eigenvalue weighted by Crippen LogP contribution is -2.33. The van der Waals surface area contributed by atoms with Crippen LogP contribution in [0.25, 0.3) is 0 Å². The van der Waals surface area contributed by atoms with E-state index in [1.165, 1.54) is 0 Å². The fourth-order valence-electron chi connectivity index (χ4n) is 1.57. The van der Waals surface area contributed by atoms with E-state index in [-0.39, 0.29) is 12.4 Å². The molecule has 0 saturated carbocycles. The highest BCUT2D eigenvalue weighted by Crippen LogP contribution is 2.21. The van der Waals surface area contributed by atoms with Crippen LogP contribution in [0.3, 0.4) is 0 Å². The van der Waals surface area contributed by atoms with Crippen LogP contribution in [0.1, 0.15) is 26.7 Å². The number of ether oxygens (including phenoxy) is 1. The van der Waals surface area contributed by atoms with Gasteiger partial charge in [-0.3, -0.25) is 9.59 Å². The molecule has 0 bridgehead atoms. The Hall–Kier alpha value is -1.45. The molecule has 0 amide bonds. The van der Waals surface area contributed by atoms with E-state index in [1.54, 1.807) is 19.9 Å². The van der Waals surface area contributed by atoms with Crippen LogP contribution < -0.4 is 0 Å². The van der Waals surface area contributed by atoms with Crippen molar-refractivity contribution in [2.75, 3.05) is 6.61 Å². The molecule has 0 fully saturated rings. The predicted molar refractivity (Wildman–Crippen MR) is 53.1 cm³/mol. The first-order valence-corrected chi connectivity index (χ1v) is 4.99. The first-order chi connectivity index (χ1) is 7.07. The predicted octanol–water partition coefficient (Wildman–Crippen LogP) is 1.04. The van der Waals surface area contributed by atoms with Crippen LogP contribution in [0.15, 0.2) is 11.6 Å². The molecule has 1 unspecified atom stereocenters. The molecule has 0 saturated heterocycles. The van der Waals surface area contributed by atoms with Gasteiger partial charge in [-0.2, -0.15) is 0 Å². The molecule has 0 N–H and O–H groups in total. The molecule has 4 heteroatoms. The average Bonchev–Trinajstić information content (AvgIpc) is 2.21. The number of esters is 1. The molecular weight excluding hydrogens is 196 g/mol. The van der Waals surface area contributed by atoms with Gasteiger partial charge in [-0.15, -0.1) is 0 Å². The molecule has 1 rings (SSSR count). The molecule has 15 heavy (non-hydrogen) atoms. The summed E-state index contributed by atoms with van der Waals surface area (Å²) in [6, 6.07) is 0. The summed E-state index contributed by atoms with van der Waals surface area (Å²) in [5.74, 6) is -2.69. The Balaban J connectivity index is 2.73. The van der Waals surface area contributed by atoms with Gasteiger partial charge in [0.2, 0.25) is 0 Å². The molecule has 0 aliphatic heterocycles. The standard InChI is InChI=1S/C11H14O4/c1-3-15-11(14)10(13)8-6-4-5-7(2)9(8)12/h5,8H,3-4,6H2,1-2H3. The van der Waals surface area contributed by atoms with E-state index in [0.29, 0.717) is 18.4 Å². The third-order valence-corrected chi connectivity index (χ3v) is 2.40. The van der Waals surface area contributed by atoms with Crippen molar-refractivity contribution in [1.82, 2.24) is 0 Å². The minimum absolute atomic E-state index is 0.153. The molecule has 1 aliphatic rings. The maximum atomic E-state index is 11.6. The van der Waals surface area contributed by atoms with Crippen LogP contribution in [0.4, 0.5) is 0 Å². The Kier molecular flexibility index (Phi) is 3.77. The van der Waals surface area contributed by atoms with Crippen LogP contribution in [0, 0.1) is 5.92 Å². The van der Waals surface area contributed by atoms with Gasteiger partial charge in [-0.05, 0) is 32.3 Å². The largest absolute Gasteiger partial charge is 0.460 e. The molecule has 4 nitrogen and oxygen atoms in total. The minimum Gasteiger partial charge on any atom is -0.460 e. The summed E-state index contributed by atoms with van der Waals surface area (Å²) in [5.41, 5.74) is 0.559. The fraction of sp³-hybridized carbons (Fsp3) is 0.545. The fourth-order valence-corrected chi connectivity index (χ4v) is 1.57. The highest BCUT2D eigenvalue weighted by Gasteiger charge is 2.34. The third kappa shape index (κ3) is 2.52. The molecule has 0 aromatic heterocycles. The number of allylic oxidation sites excluding steroid dienone is 2. The Morgan fingerprint density at radius 3 is 2.80 bits per heavy atom. The second kappa shape index (κ2) is 4.87. The van der Waals surface area contributed by atoms with E-state index in [9.17, 15) is 14.4 Å². The number of rotatable bonds is 3. The van der Waals surface area contributed by atoms with E-state index in [4.69, 9.17) is 0 Å². The molecule has 0 heterocycles. The summed E-state index contributed by atoms with van der Waals surface area (Å²) in [5, 5.41) is 0. The van der Waals surface area contributed by atoms with Crippen molar-refractivity contribution < 1.29 is 19.1 Å². The lowest BCUT2D eigenvalue weighted by Gasteiger charge is -2.17. The van der Waals surface area contributed by atoms with Gasteiger partial charge in [0.1, 0.15) is 0 Å². The van der Waals surface area contributed by atoms with Crippen molar-refractivity contribution in [3.05, 3.63) is 11.6 Å². The number of carbonyl (C=O) groups is 3. The Labute approximate surface area is 88.3 Å². The van der Waals surface area contributed by atoms with E-state index in [1.807, 2.05) is 0 Å². The second-order valence-electron chi connectivity index (χ2n) is 3.47. The van der Waals surface area contributed by atoms with Gasteiger partial charge in [0.15, 0.2) is 5.78 Å². The van der Waals surface area contributed by atoms with Crippen molar-refractivity contribution in [1.29, 1.82) is 0 Å². The van der Waals surface area contributed by atoms with E-state index < -0.39 is 17.7 Å². The topological polar surface area (TPSA) is 60.4 Å². The molecule has 82 valence electrons. The van der Waals surface area contributed by atoms with Crippen molar-refractivity contribution in [2.24, 2.45) is 5.92 Å². The van der Waals surface area contributed by atoms with Crippen LogP contribution in [0.5, 0.6) is 0 Å². The van der Waals surface area contributed by atoms with Crippen LogP contribution >= 0.6 is 0 Å². The second-order valence-corrected chi connectivity index (χ2v) is 3.47. The molecular formula is C11H14O4. The molecule has 0 aromatic carbocycles. The average molecular weight is 210 g/mol. The van der Waals surface area contributed by atoms with E-state index in [0.717, 1.165) is 0 Å². The number of ketones is 2. The molecule has 0 spiro atoms. The highest BCUT2D eigenvalue weighted by molar-refractivity contribution is 6.39. The van der Waals surface area contributed by atoms with Crippen molar-refractivity contribution in [2.45, 2.75) is 26.7 Å². The quantitative estimate of drug-likeness (QED) is 0.397. The molecule has 0 radical (unpaired) electrons. The monoisotopic (exact) mass is 210 g/mol. The zero-order valence-corrected chi connectivity index (χ0v) is 8.91. The zero-order chi connectivity index (χ0) is 11.4. The molecule has 1 aliphatic carbocycles. The third-order valence-electron chi connectivity index (χ3n) is 2.40. The SMILES string of the molecule is CCOC(=O)C(=O)C1CCC=C(C)C1=O. The summed E-state index contributed by atoms with van der Waals surface area (Å²) < 4.78 is 4.58. The smallest absolute Gasteiger partial charge is 0.375 e. The Morgan fingerprint density at radius 2 is 2.20 bits per heavy atom. The lowest BCUT2D eigenvalue weighted by molar-refractivity contribution is -0.156. The minimum atomic E-state index is -0.898. The molecule has 0 aromatic rings. The first kappa shape index (κ1) is 11.6. The summed E-state index contributed by atoms with van der Waals surface area (Å²) in [7, 11) is 0. The van der Waals surface area contributed by atoms with Gasteiger partial charge in [0.05, 0.1) is 12.5 Å². The van der Waals surface area contributed by atoms with E-state index >= 15 is 0 Å². The highest BCUT2D eigenvalue weighted by atomic mass is 16.5. The van der Waals surface area contributed by atoms with Gasteiger partial charge >= 0.3 is 5.97 Å². The summed E-state index contributed by atoms with van der Waals surface area (Å²) >= 11 is 0. The van der Waals surface area contributed by atoms with Crippen molar-refractivity contribution in [3.63, 3.8) is 0 Å². The number of hydrogen-bond acceptors (Lipinski definition) is 4. The maximum Gasteiger partial charge on any atom is 0.375 e. The van der Waals surface area contributed by atoms with Crippen LogP contribution in [-0.4, -0.2) is 24.1 Å². The summed E-state index contributed by atoms with van der Waals surface area (Å²) in [4.78, 5) is 34.3. The van der Waals surface area contributed by atoms with Crippen molar-refractivity contribution >= 4 is 17.5 Å². The van der Waals surface area contributed by atoms with Crippen LogP contribution in [-0.2, 0) is 19.1 Å². The van der Waals surface area contributed by atoms with Crippen LogP contribution in [0.2, 0.25) is 0 Å². The lowest BCUT2D eigenvalue weighted by atomic mass is 9.85. The zero-order valence-electron chi connectivity index (χ0n) is 8.91. The number of Topliss-reactive ketones (excluding diaryl/α,β-unsaturated/α-hetero) is 2. The maximum absolute atomic E-state index is 11.6. The van der Waals surface area contributed by atoms with E-state index in [2.05, 4.69) is 4.74 Å². The summed E-state index contributed by atoms with van der Waals surface area (Å²) in [6.45, 7) is 3.44. The Bertz CT molecular complexity index is 327. The Morgan fingerprint density at radius 1 is 1.53 bits per heavy atom. The van der Waals surface area contributed by atoms with Gasteiger partial charge in [-0.25, -0.2) is 4.79 Å². The molecule has 1 atom stereocenters. The first-order valence-electron chi connectivity index (χ1n) is 4.99. The van der Waals surface area contributed by atoms with Gasteiger partial charge in [-0.1, -0.05) is 6.08 Å². The number of hydrogen-bond donors (Lipinski definition) is 0. The van der Waals surface area contributed by atoms with Gasteiger partial charge in [0.25, 0.3) is 5.78 Å². The normalized spacial score (nSPS) is 20.8. The van der Waals surface area contributed by atoms with Crippen molar-refractivity contribution in [3.8, 4) is 0 Å². The number of carbonyl (C=O) groups excluding carboxylic acids is 3. The summed E-state index contributed by atoms with van der Waals surface area (Å²) in [6.07, 6.45) is 2.86.